The Morgan fingerprint density at radius 1 is 0.382 bits per heavy atom. The van der Waals surface area contributed by atoms with Gasteiger partial charge in [0.1, 0.15) is 0 Å². The third kappa shape index (κ3) is 5.66. The Bertz CT molecular complexity index is 1320. The first-order chi connectivity index (χ1) is 16.0. The van der Waals surface area contributed by atoms with Crippen LogP contribution in [0.3, 0.4) is 0 Å². The van der Waals surface area contributed by atoms with E-state index in [0.717, 1.165) is 0 Å². The van der Waals surface area contributed by atoms with E-state index in [4.69, 9.17) is 22.9 Å². The Balaban J connectivity index is 0.000000191. The summed E-state index contributed by atoms with van der Waals surface area (Å²) in [6.07, 6.45) is 0. The monoisotopic (exact) mass is 496 g/mol. The number of sulfone groups is 2. The summed E-state index contributed by atoms with van der Waals surface area (Å²) in [5, 5.41) is 0. The first-order valence-electron chi connectivity index (χ1n) is 9.92. The molecule has 8 nitrogen and oxygen atoms in total. The number of rotatable bonds is 4. The van der Waals surface area contributed by atoms with Gasteiger partial charge in [-0.1, -0.05) is 24.3 Å². The molecule has 0 aliphatic heterocycles. The molecule has 0 aliphatic carbocycles. The van der Waals surface area contributed by atoms with Crippen LogP contribution in [0.1, 0.15) is 0 Å². The van der Waals surface area contributed by atoms with Crippen LogP contribution in [0.15, 0.2) is 117 Å². The molecule has 4 rings (SSSR count). The Hall–Kier alpha value is -4.02. The Kier molecular flexibility index (Phi) is 7.14. The molecular formula is C24H24N4O4S2. The van der Waals surface area contributed by atoms with E-state index in [1.54, 1.807) is 48.5 Å². The van der Waals surface area contributed by atoms with E-state index in [1.807, 2.05) is 0 Å². The molecule has 0 unspecified atom stereocenters. The summed E-state index contributed by atoms with van der Waals surface area (Å²) < 4.78 is 48.9. The highest BCUT2D eigenvalue weighted by molar-refractivity contribution is 7.91. The van der Waals surface area contributed by atoms with Crippen molar-refractivity contribution in [1.29, 1.82) is 0 Å². The summed E-state index contributed by atoms with van der Waals surface area (Å²) in [5.41, 5.74) is 23.9. The van der Waals surface area contributed by atoms with Crippen LogP contribution in [0.2, 0.25) is 0 Å². The normalized spacial score (nSPS) is 11.3. The third-order valence-corrected chi connectivity index (χ3v) is 8.17. The smallest absolute Gasteiger partial charge is 0.206 e. The molecule has 0 spiro atoms. The average Bonchev–Trinajstić information content (AvgIpc) is 2.79. The number of hydrogen-bond donors (Lipinski definition) is 4. The van der Waals surface area contributed by atoms with Crippen LogP contribution in [-0.2, 0) is 19.7 Å². The molecule has 4 aromatic rings. The van der Waals surface area contributed by atoms with Crippen molar-refractivity contribution in [3.8, 4) is 0 Å². The van der Waals surface area contributed by atoms with Gasteiger partial charge in [-0.2, -0.15) is 0 Å². The number of benzene rings is 4. The zero-order valence-electron chi connectivity index (χ0n) is 18.0. The minimum Gasteiger partial charge on any atom is -0.399 e. The summed E-state index contributed by atoms with van der Waals surface area (Å²) in [6.45, 7) is 0. The Labute approximate surface area is 198 Å². The molecule has 8 N–H and O–H groups in total. The maximum absolute atomic E-state index is 12.2. The molecule has 0 amide bonds. The van der Waals surface area contributed by atoms with Crippen molar-refractivity contribution in [3.05, 3.63) is 97.1 Å². The van der Waals surface area contributed by atoms with Crippen molar-refractivity contribution in [1.82, 2.24) is 0 Å². The molecule has 0 radical (unpaired) electrons. The molecule has 0 heterocycles. The highest BCUT2D eigenvalue weighted by Crippen LogP contribution is 2.24. The van der Waals surface area contributed by atoms with Gasteiger partial charge in [0, 0.05) is 22.7 Å². The summed E-state index contributed by atoms with van der Waals surface area (Å²) in [6, 6.07) is 24.7. The fourth-order valence-electron chi connectivity index (χ4n) is 3.00. The summed E-state index contributed by atoms with van der Waals surface area (Å²) >= 11 is 0. The maximum Gasteiger partial charge on any atom is 0.206 e. The van der Waals surface area contributed by atoms with Gasteiger partial charge >= 0.3 is 0 Å². The molecule has 0 bridgehead atoms. The lowest BCUT2D eigenvalue weighted by Gasteiger charge is -2.05. The molecule has 0 saturated heterocycles. The fraction of sp³-hybridized carbons (Fsp3) is 0. The molecule has 0 atom stereocenters. The van der Waals surface area contributed by atoms with E-state index in [0.29, 0.717) is 22.7 Å². The maximum atomic E-state index is 12.2. The summed E-state index contributed by atoms with van der Waals surface area (Å²) in [5.74, 6) is 0. The van der Waals surface area contributed by atoms with Gasteiger partial charge in [0.05, 0.1) is 19.6 Å². The Morgan fingerprint density at radius 3 is 0.765 bits per heavy atom. The number of nitrogens with two attached hydrogens (primary N) is 4. The first-order valence-corrected chi connectivity index (χ1v) is 12.9. The molecule has 0 saturated carbocycles. The highest BCUT2D eigenvalue weighted by Gasteiger charge is 2.18. The van der Waals surface area contributed by atoms with Crippen LogP contribution in [-0.4, -0.2) is 16.8 Å². The van der Waals surface area contributed by atoms with Gasteiger partial charge in [-0.15, -0.1) is 0 Å². The second-order valence-electron chi connectivity index (χ2n) is 7.30. The largest absolute Gasteiger partial charge is 0.399 e. The minimum absolute atomic E-state index is 0.170. The van der Waals surface area contributed by atoms with Crippen LogP contribution in [0.4, 0.5) is 22.7 Å². The molecule has 0 fully saturated rings. The predicted octanol–water partition coefficient (Wildman–Crippen LogP) is 3.37. The van der Waals surface area contributed by atoms with Crippen LogP contribution in [0, 0.1) is 0 Å². The van der Waals surface area contributed by atoms with Crippen LogP contribution >= 0.6 is 0 Å². The van der Waals surface area contributed by atoms with Gasteiger partial charge in [-0.05, 0) is 72.8 Å². The van der Waals surface area contributed by atoms with E-state index >= 15 is 0 Å². The van der Waals surface area contributed by atoms with E-state index in [-0.39, 0.29) is 19.6 Å². The number of nitrogen functional groups attached to an aromatic ring is 4. The topological polar surface area (TPSA) is 172 Å². The predicted molar refractivity (Wildman–Crippen MR) is 134 cm³/mol. The second-order valence-corrected chi connectivity index (χ2v) is 11.2. The molecule has 4 aromatic carbocycles. The van der Waals surface area contributed by atoms with Crippen molar-refractivity contribution in [3.63, 3.8) is 0 Å². The third-order valence-electron chi connectivity index (χ3n) is 4.67. The van der Waals surface area contributed by atoms with Crippen LogP contribution in [0.25, 0.3) is 0 Å². The van der Waals surface area contributed by atoms with Crippen LogP contribution in [0.5, 0.6) is 0 Å². The second kappa shape index (κ2) is 9.86. The zero-order chi connectivity index (χ0) is 24.9. The average molecular weight is 497 g/mol. The van der Waals surface area contributed by atoms with Gasteiger partial charge in [0.2, 0.25) is 19.7 Å². The summed E-state index contributed by atoms with van der Waals surface area (Å²) in [4.78, 5) is 0.678. The van der Waals surface area contributed by atoms with Gasteiger partial charge in [-0.3, -0.25) is 0 Å². The van der Waals surface area contributed by atoms with Gasteiger partial charge < -0.3 is 22.9 Å². The fourth-order valence-corrected chi connectivity index (χ4v) is 5.74. The number of hydrogen-bond acceptors (Lipinski definition) is 8. The lowest BCUT2D eigenvalue weighted by atomic mass is 10.3. The quantitative estimate of drug-likeness (QED) is 0.311. The molecule has 0 aliphatic rings. The molecular weight excluding hydrogens is 472 g/mol. The summed E-state index contributed by atoms with van der Waals surface area (Å²) in [7, 11) is -7.09. The van der Waals surface area contributed by atoms with Crippen molar-refractivity contribution < 1.29 is 16.8 Å². The standard InChI is InChI=1S/2C12H12N2O2S/c2*13-9-3-1-5-11(7-9)17(15,16)12-6-2-4-10(14)8-12/h2*1-8H,13-14H2. The SMILES string of the molecule is Nc1cccc(S(=O)(=O)c2cccc(N)c2)c1.Nc1cccc(S(=O)(=O)c2cccc(N)c2)c1. The zero-order valence-corrected chi connectivity index (χ0v) is 19.6. The Morgan fingerprint density at radius 2 is 0.588 bits per heavy atom. The van der Waals surface area contributed by atoms with Gasteiger partial charge in [0.25, 0.3) is 0 Å². The molecule has 0 aromatic heterocycles. The molecule has 34 heavy (non-hydrogen) atoms. The highest BCUT2D eigenvalue weighted by atomic mass is 32.2. The van der Waals surface area contributed by atoms with Gasteiger partial charge in [-0.25, -0.2) is 16.8 Å². The van der Waals surface area contributed by atoms with Crippen LogP contribution < -0.4 is 22.9 Å². The number of anilines is 4. The van der Waals surface area contributed by atoms with E-state index in [1.165, 1.54) is 48.5 Å². The van der Waals surface area contributed by atoms with Crippen molar-refractivity contribution in [2.45, 2.75) is 19.6 Å². The lowest BCUT2D eigenvalue weighted by molar-refractivity contribution is 0.594. The van der Waals surface area contributed by atoms with Gasteiger partial charge in [0.15, 0.2) is 0 Å². The van der Waals surface area contributed by atoms with Crippen molar-refractivity contribution in [2.24, 2.45) is 0 Å². The van der Waals surface area contributed by atoms with E-state index in [9.17, 15) is 16.8 Å². The van der Waals surface area contributed by atoms with E-state index < -0.39 is 19.7 Å². The lowest BCUT2D eigenvalue weighted by Crippen LogP contribution is -2.03. The van der Waals surface area contributed by atoms with Crippen molar-refractivity contribution in [2.75, 3.05) is 22.9 Å². The molecule has 10 heteroatoms. The van der Waals surface area contributed by atoms with E-state index in [2.05, 4.69) is 0 Å². The van der Waals surface area contributed by atoms with Crippen molar-refractivity contribution >= 4 is 42.4 Å². The minimum atomic E-state index is -3.54. The molecule has 176 valence electrons. The first kappa shape index (κ1) is 24.6.